The molecule has 108 valence electrons. The first-order valence-corrected chi connectivity index (χ1v) is 7.85. The Morgan fingerprint density at radius 2 is 1.95 bits per heavy atom. The first kappa shape index (κ1) is 14.0. The number of rotatable bonds is 4. The summed E-state index contributed by atoms with van der Waals surface area (Å²) >= 11 is 0. The molecule has 1 atom stereocenters. The molecule has 1 aliphatic rings. The third kappa shape index (κ3) is 3.05. The van der Waals surface area contributed by atoms with Gasteiger partial charge in [-0.3, -0.25) is 9.78 Å². The number of hydrogen-bond acceptors (Lipinski definition) is 2. The third-order valence-corrected chi connectivity index (χ3v) is 4.26. The maximum Gasteiger partial charge on any atom is 0.167 e. The lowest BCUT2D eigenvalue weighted by molar-refractivity contribution is 0.0893. The molecule has 1 aromatic carbocycles. The number of nitrogens with zero attached hydrogens (tertiary/aromatic N) is 1. The zero-order chi connectivity index (χ0) is 14.7. The predicted octanol–water partition coefficient (Wildman–Crippen LogP) is 4.22. The van der Waals surface area contributed by atoms with Gasteiger partial charge < -0.3 is 0 Å². The van der Waals surface area contributed by atoms with Gasteiger partial charge in [0, 0.05) is 23.6 Å². The van der Waals surface area contributed by atoms with Crippen molar-refractivity contribution in [2.24, 2.45) is 5.92 Å². The number of aryl methyl sites for hydroxylation is 1. The summed E-state index contributed by atoms with van der Waals surface area (Å²) in [7, 11) is 0. The number of Topliss-reactive ketones (excluding diaryl/α,β-unsaturated/α-hetero) is 1. The first-order chi connectivity index (χ1) is 10.3. The Hall–Kier alpha value is -1.96. The van der Waals surface area contributed by atoms with Gasteiger partial charge in [0.05, 0.1) is 5.69 Å². The highest BCUT2D eigenvalue weighted by molar-refractivity contribution is 5.99. The Morgan fingerprint density at radius 1 is 1.14 bits per heavy atom. The largest absolute Gasteiger partial charge is 0.294 e. The van der Waals surface area contributed by atoms with Gasteiger partial charge in [0.1, 0.15) is 0 Å². The zero-order valence-corrected chi connectivity index (χ0v) is 12.5. The molecule has 0 aliphatic heterocycles. The Balaban J connectivity index is 1.81. The summed E-state index contributed by atoms with van der Waals surface area (Å²) in [5.74, 6) is 0.515. The average molecular weight is 279 g/mol. The Kier molecular flexibility index (Phi) is 4.14. The van der Waals surface area contributed by atoms with Crippen LogP contribution >= 0.6 is 0 Å². The fourth-order valence-corrected chi connectivity index (χ4v) is 3.15. The molecule has 0 bridgehead atoms. The van der Waals surface area contributed by atoms with Crippen molar-refractivity contribution in [1.82, 2.24) is 4.98 Å². The van der Waals surface area contributed by atoms with E-state index < -0.39 is 0 Å². The highest BCUT2D eigenvalue weighted by Crippen LogP contribution is 2.27. The molecule has 2 nitrogen and oxygen atoms in total. The molecule has 0 saturated carbocycles. The van der Waals surface area contributed by atoms with Crippen molar-refractivity contribution in [1.29, 1.82) is 0 Å². The molecular weight excluding hydrogens is 258 g/mol. The van der Waals surface area contributed by atoms with Crippen LogP contribution in [0.4, 0.5) is 0 Å². The molecule has 3 rings (SSSR count). The van der Waals surface area contributed by atoms with Crippen molar-refractivity contribution < 1.29 is 4.79 Å². The van der Waals surface area contributed by atoms with Crippen LogP contribution in [0.5, 0.6) is 0 Å². The highest BCUT2D eigenvalue weighted by atomic mass is 16.1. The second-order valence-corrected chi connectivity index (χ2v) is 5.85. The third-order valence-electron chi connectivity index (χ3n) is 4.26. The van der Waals surface area contributed by atoms with Gasteiger partial charge in [-0.05, 0) is 37.0 Å². The van der Waals surface area contributed by atoms with E-state index in [4.69, 9.17) is 4.98 Å². The summed E-state index contributed by atoms with van der Waals surface area (Å²) in [5.41, 5.74) is 4.18. The predicted molar refractivity (Wildman–Crippen MR) is 84.5 cm³/mol. The van der Waals surface area contributed by atoms with E-state index in [1.807, 2.05) is 30.3 Å². The minimum atomic E-state index is 0.212. The van der Waals surface area contributed by atoms with E-state index in [-0.39, 0.29) is 5.92 Å². The Bertz CT molecular complexity index is 633. The number of aromatic nitrogens is 1. The summed E-state index contributed by atoms with van der Waals surface area (Å²) in [6.45, 7) is 2.14. The number of carbonyl (C=O) groups is 1. The van der Waals surface area contributed by atoms with E-state index in [0.717, 1.165) is 49.1 Å². The normalized spacial score (nSPS) is 17.6. The number of fused-ring (bicyclic) bond motifs is 1. The van der Waals surface area contributed by atoms with Gasteiger partial charge in [-0.2, -0.15) is 0 Å². The molecule has 1 unspecified atom stereocenters. The standard InChI is InChI=1S/C19H21NO/c1-2-6-15-9-12-18-17(19(15)21)11-10-16(20-18)13-14-7-4-3-5-8-14/h3-5,7-8,10-11,15H,2,6,9,12-13H2,1H3. The lowest BCUT2D eigenvalue weighted by Gasteiger charge is -2.22. The number of benzene rings is 1. The maximum atomic E-state index is 12.4. The molecular formula is C19H21NO. The van der Waals surface area contributed by atoms with Crippen LogP contribution in [0.25, 0.3) is 0 Å². The van der Waals surface area contributed by atoms with Gasteiger partial charge in [-0.1, -0.05) is 43.7 Å². The van der Waals surface area contributed by atoms with Crippen LogP contribution in [-0.2, 0) is 12.8 Å². The minimum Gasteiger partial charge on any atom is -0.294 e. The van der Waals surface area contributed by atoms with Crippen molar-refractivity contribution in [2.75, 3.05) is 0 Å². The summed E-state index contributed by atoms with van der Waals surface area (Å²) < 4.78 is 0. The second-order valence-electron chi connectivity index (χ2n) is 5.85. The summed E-state index contributed by atoms with van der Waals surface area (Å²) in [4.78, 5) is 17.2. The van der Waals surface area contributed by atoms with E-state index in [0.29, 0.717) is 5.78 Å². The molecule has 2 aromatic rings. The fraction of sp³-hybridized carbons (Fsp3) is 0.368. The topological polar surface area (TPSA) is 30.0 Å². The van der Waals surface area contributed by atoms with Crippen molar-refractivity contribution in [3.05, 3.63) is 65.0 Å². The molecule has 0 saturated heterocycles. The van der Waals surface area contributed by atoms with Crippen LogP contribution in [0.2, 0.25) is 0 Å². The molecule has 21 heavy (non-hydrogen) atoms. The van der Waals surface area contributed by atoms with Crippen molar-refractivity contribution >= 4 is 5.78 Å². The van der Waals surface area contributed by atoms with Gasteiger partial charge in [0.2, 0.25) is 0 Å². The lowest BCUT2D eigenvalue weighted by Crippen LogP contribution is -2.23. The number of hydrogen-bond donors (Lipinski definition) is 0. The van der Waals surface area contributed by atoms with Gasteiger partial charge in [0.25, 0.3) is 0 Å². The minimum absolute atomic E-state index is 0.212. The van der Waals surface area contributed by atoms with Gasteiger partial charge >= 0.3 is 0 Å². The van der Waals surface area contributed by atoms with E-state index in [2.05, 4.69) is 19.1 Å². The van der Waals surface area contributed by atoms with Crippen molar-refractivity contribution in [2.45, 2.75) is 39.0 Å². The Labute approximate surface area is 126 Å². The van der Waals surface area contributed by atoms with Crippen LogP contribution in [0.1, 0.15) is 53.5 Å². The average Bonchev–Trinajstić information content (AvgIpc) is 2.51. The van der Waals surface area contributed by atoms with Gasteiger partial charge in [-0.25, -0.2) is 0 Å². The zero-order valence-electron chi connectivity index (χ0n) is 12.5. The van der Waals surface area contributed by atoms with Crippen LogP contribution in [0, 0.1) is 5.92 Å². The summed E-state index contributed by atoms with van der Waals surface area (Å²) in [6.07, 6.45) is 4.81. The molecule has 1 heterocycles. The quantitative estimate of drug-likeness (QED) is 0.838. The molecule has 0 spiro atoms. The van der Waals surface area contributed by atoms with Gasteiger partial charge in [-0.15, -0.1) is 0 Å². The smallest absolute Gasteiger partial charge is 0.167 e. The molecule has 0 fully saturated rings. The molecule has 1 aromatic heterocycles. The SMILES string of the molecule is CCCC1CCc2nc(Cc3ccccc3)ccc2C1=O. The first-order valence-electron chi connectivity index (χ1n) is 7.85. The monoisotopic (exact) mass is 279 g/mol. The van der Waals surface area contributed by atoms with Crippen LogP contribution in [0.3, 0.4) is 0 Å². The number of carbonyl (C=O) groups excluding carboxylic acids is 1. The number of ketones is 1. The van der Waals surface area contributed by atoms with Crippen molar-refractivity contribution in [3.8, 4) is 0 Å². The van der Waals surface area contributed by atoms with E-state index >= 15 is 0 Å². The molecule has 0 radical (unpaired) electrons. The van der Waals surface area contributed by atoms with Crippen molar-refractivity contribution in [3.63, 3.8) is 0 Å². The summed E-state index contributed by atoms with van der Waals surface area (Å²) in [6, 6.07) is 14.4. The number of pyridine rings is 1. The Morgan fingerprint density at radius 3 is 2.71 bits per heavy atom. The summed E-state index contributed by atoms with van der Waals surface area (Å²) in [5, 5.41) is 0. The molecule has 0 N–H and O–H groups in total. The van der Waals surface area contributed by atoms with Gasteiger partial charge in [0.15, 0.2) is 5.78 Å². The highest BCUT2D eigenvalue weighted by Gasteiger charge is 2.27. The molecule has 2 heteroatoms. The molecule has 1 aliphatic carbocycles. The van der Waals surface area contributed by atoms with Crippen LogP contribution in [0.15, 0.2) is 42.5 Å². The van der Waals surface area contributed by atoms with Crippen LogP contribution < -0.4 is 0 Å². The maximum absolute atomic E-state index is 12.4. The lowest BCUT2D eigenvalue weighted by atomic mass is 9.82. The van der Waals surface area contributed by atoms with Crippen LogP contribution in [-0.4, -0.2) is 10.8 Å². The molecule has 0 amide bonds. The van der Waals surface area contributed by atoms with E-state index in [9.17, 15) is 4.79 Å². The van der Waals surface area contributed by atoms with E-state index in [1.54, 1.807) is 0 Å². The van der Waals surface area contributed by atoms with E-state index in [1.165, 1.54) is 5.56 Å². The second kappa shape index (κ2) is 6.21. The fourth-order valence-electron chi connectivity index (χ4n) is 3.15.